The summed E-state index contributed by atoms with van der Waals surface area (Å²) in [4.78, 5) is 40.9. The van der Waals surface area contributed by atoms with Gasteiger partial charge in [0, 0.05) is 44.9 Å². The fourth-order valence-electron chi connectivity index (χ4n) is 6.08. The number of fused-ring (bicyclic) bond motifs is 4. The quantitative estimate of drug-likeness (QED) is 0.403. The van der Waals surface area contributed by atoms with Crippen molar-refractivity contribution in [3.05, 3.63) is 93.7 Å². The Hall–Kier alpha value is -4.65. The maximum atomic E-state index is 13.3. The molecule has 0 aromatic heterocycles. The highest BCUT2D eigenvalue weighted by molar-refractivity contribution is 5.94. The molecule has 2 aliphatic rings. The average molecular weight is 674 g/mol. The van der Waals surface area contributed by atoms with Gasteiger partial charge in [0.15, 0.2) is 6.10 Å². The molecular weight excluding hydrogens is 626 g/mol. The number of hydrogen-bond acceptors (Lipinski definition) is 10. The van der Waals surface area contributed by atoms with Gasteiger partial charge < -0.3 is 35.1 Å². The van der Waals surface area contributed by atoms with E-state index in [1.54, 1.807) is 44.2 Å². The third-order valence-electron chi connectivity index (χ3n) is 8.77. The van der Waals surface area contributed by atoms with Crippen LogP contribution in [0.3, 0.4) is 0 Å². The number of methoxy groups -OCH3 is 2. The van der Waals surface area contributed by atoms with Gasteiger partial charge in [0.2, 0.25) is 5.96 Å². The summed E-state index contributed by atoms with van der Waals surface area (Å²) >= 11 is 0. The Bertz CT molecular complexity index is 1770. The Morgan fingerprint density at radius 1 is 1.08 bits per heavy atom. The zero-order valence-corrected chi connectivity index (χ0v) is 29.2. The van der Waals surface area contributed by atoms with Gasteiger partial charge in [-0.3, -0.25) is 4.79 Å². The van der Waals surface area contributed by atoms with Crippen LogP contribution in [-0.4, -0.2) is 78.8 Å². The summed E-state index contributed by atoms with van der Waals surface area (Å²) in [5.41, 5.74) is 8.38. The SMILES string of the molecule is CO[C@H]1/C=C\C=C(/C)C(=O)N=c2cc3c(c(c2O)C[C@@H](C)C[C@H](OC)[C@H](O)[C@@H](C)/C=C(\C)[C@@H]1OC(N)=O)=NC(N(C)Cc1ccccc1)=N3. The largest absolute Gasteiger partial charge is 0.505 e. The smallest absolute Gasteiger partial charge is 0.405 e. The molecular formula is C37H47N5O7. The number of hydrogen-bond donors (Lipinski definition) is 3. The number of aliphatic hydroxyl groups excluding tert-OH is 1. The average Bonchev–Trinajstić information content (AvgIpc) is 3.50. The van der Waals surface area contributed by atoms with Crippen LogP contribution in [0.1, 0.15) is 45.2 Å². The molecule has 6 atom stereocenters. The van der Waals surface area contributed by atoms with Crippen molar-refractivity contribution in [1.29, 1.82) is 0 Å². The van der Waals surface area contributed by atoms with Crippen LogP contribution in [0.4, 0.5) is 10.5 Å². The number of nitrogens with zero attached hydrogens (tertiary/aromatic N) is 4. The molecule has 4 rings (SSSR count). The number of phenolic OH excluding ortho intramolecular Hbond substituents is 1. The van der Waals surface area contributed by atoms with Gasteiger partial charge >= 0.3 is 6.09 Å². The van der Waals surface area contributed by atoms with Crippen molar-refractivity contribution in [3.8, 4) is 5.75 Å². The first-order chi connectivity index (χ1) is 23.3. The highest BCUT2D eigenvalue weighted by Gasteiger charge is 2.30. The molecule has 262 valence electrons. The number of carbonyl (C=O) groups excluding carboxylic acids is 2. The maximum absolute atomic E-state index is 13.3. The van der Waals surface area contributed by atoms with Gasteiger partial charge in [-0.05, 0) is 49.8 Å². The number of benzene rings is 2. The number of amides is 2. The Balaban J connectivity index is 1.82. The van der Waals surface area contributed by atoms with E-state index in [0.717, 1.165) is 5.56 Å². The molecule has 2 aliphatic heterocycles. The van der Waals surface area contributed by atoms with E-state index >= 15 is 0 Å². The second-order valence-corrected chi connectivity index (χ2v) is 12.7. The predicted octanol–water partition coefficient (Wildman–Crippen LogP) is 3.81. The van der Waals surface area contributed by atoms with Crippen LogP contribution in [0.2, 0.25) is 0 Å². The zero-order chi connectivity index (χ0) is 35.8. The van der Waals surface area contributed by atoms with Gasteiger partial charge in [-0.1, -0.05) is 68.5 Å². The van der Waals surface area contributed by atoms with Gasteiger partial charge in [0.05, 0.1) is 23.3 Å². The Labute approximate surface area is 287 Å². The molecule has 4 N–H and O–H groups in total. The predicted molar refractivity (Wildman–Crippen MR) is 186 cm³/mol. The normalized spacial score (nSPS) is 27.7. The number of rotatable bonds is 5. The van der Waals surface area contributed by atoms with Crippen molar-refractivity contribution in [3.63, 3.8) is 0 Å². The number of nitrogens with two attached hydrogens (primary N) is 1. The zero-order valence-electron chi connectivity index (χ0n) is 29.2. The number of ether oxygens (including phenoxy) is 3. The molecule has 0 radical (unpaired) electrons. The van der Waals surface area contributed by atoms with Crippen LogP contribution in [0.5, 0.6) is 5.75 Å². The van der Waals surface area contributed by atoms with Crippen molar-refractivity contribution in [1.82, 2.24) is 4.90 Å². The fraction of sp³-hybridized carbons (Fsp3) is 0.432. The summed E-state index contributed by atoms with van der Waals surface area (Å²) in [6, 6.07) is 11.5. The van der Waals surface area contributed by atoms with Crippen LogP contribution < -0.4 is 16.4 Å². The lowest BCUT2D eigenvalue weighted by Crippen LogP contribution is -2.37. The van der Waals surface area contributed by atoms with E-state index in [4.69, 9.17) is 29.9 Å². The topological polar surface area (TPSA) is 169 Å². The van der Waals surface area contributed by atoms with Crippen LogP contribution >= 0.6 is 0 Å². The first-order valence-corrected chi connectivity index (χ1v) is 16.3. The Morgan fingerprint density at radius 3 is 2.45 bits per heavy atom. The van der Waals surface area contributed by atoms with E-state index in [0.29, 0.717) is 47.5 Å². The van der Waals surface area contributed by atoms with E-state index in [9.17, 15) is 19.8 Å². The summed E-state index contributed by atoms with van der Waals surface area (Å²) in [6.45, 7) is 7.78. The molecule has 0 saturated carbocycles. The maximum Gasteiger partial charge on any atom is 0.405 e. The number of allylic oxidation sites excluding steroid dienone is 2. The summed E-state index contributed by atoms with van der Waals surface area (Å²) < 4.78 is 16.8. The first kappa shape index (κ1) is 37.2. The molecule has 2 amide bonds. The lowest BCUT2D eigenvalue weighted by atomic mass is 9.88. The van der Waals surface area contributed by atoms with Crippen molar-refractivity contribution in [2.45, 2.75) is 71.5 Å². The van der Waals surface area contributed by atoms with Crippen LogP contribution in [0.15, 0.2) is 86.8 Å². The summed E-state index contributed by atoms with van der Waals surface area (Å²) in [5, 5.41) is 23.6. The van der Waals surface area contributed by atoms with Gasteiger partial charge in [0.1, 0.15) is 17.2 Å². The standard InChI is InChI=1S/C37H47N5O7/c1-21-16-26-31-27(40-37(41-31)42(5)20-25-13-9-8-10-14-25)19-28(33(26)44)39-35(45)22(2)12-11-15-29(47-6)34(49-36(38)46)24(4)18-23(3)32(43)30(17-21)48-7/h8-15,18-19,21,23,29-30,32,34,43-44H,16-17,20H2,1-7H3,(H2,38,46)/b15-11-,22-12+,24-18+,39-28?/t21-,23+,29+,30+,32-,34+/m1/s1. The third-order valence-corrected chi connectivity index (χ3v) is 8.77. The van der Waals surface area contributed by atoms with Gasteiger partial charge in [-0.25, -0.2) is 19.8 Å². The number of primary amides is 1. The second kappa shape index (κ2) is 16.6. The van der Waals surface area contributed by atoms with Crippen molar-refractivity contribution in [2.75, 3.05) is 21.3 Å². The van der Waals surface area contributed by atoms with Crippen molar-refractivity contribution in [2.24, 2.45) is 32.5 Å². The molecule has 2 aromatic rings. The minimum absolute atomic E-state index is 0.0768. The first-order valence-electron chi connectivity index (χ1n) is 16.3. The highest BCUT2D eigenvalue weighted by Crippen LogP contribution is 2.27. The number of phenols is 1. The van der Waals surface area contributed by atoms with E-state index < -0.39 is 42.3 Å². The van der Waals surface area contributed by atoms with E-state index in [1.165, 1.54) is 14.2 Å². The van der Waals surface area contributed by atoms with Crippen LogP contribution in [0, 0.1) is 11.8 Å². The fourth-order valence-corrected chi connectivity index (χ4v) is 6.08. The summed E-state index contributed by atoms with van der Waals surface area (Å²) in [5.74, 6) is -0.776. The molecule has 0 fully saturated rings. The molecule has 0 saturated heterocycles. The molecule has 2 aromatic carbocycles. The molecule has 0 spiro atoms. The number of aliphatic imine (C=N–C) groups is 1. The highest BCUT2D eigenvalue weighted by atomic mass is 16.6. The molecule has 2 bridgehead atoms. The molecule has 12 nitrogen and oxygen atoms in total. The Morgan fingerprint density at radius 2 is 1.80 bits per heavy atom. The lowest BCUT2D eigenvalue weighted by molar-refractivity contribution is -0.114. The van der Waals surface area contributed by atoms with Crippen LogP contribution in [0.25, 0.3) is 0 Å². The van der Waals surface area contributed by atoms with Crippen LogP contribution in [-0.2, 0) is 32.0 Å². The monoisotopic (exact) mass is 673 g/mol. The minimum Gasteiger partial charge on any atom is -0.505 e. The lowest BCUT2D eigenvalue weighted by Gasteiger charge is -2.29. The van der Waals surface area contributed by atoms with Gasteiger partial charge in [-0.15, -0.1) is 0 Å². The number of aromatic hydroxyl groups is 1. The van der Waals surface area contributed by atoms with E-state index in [-0.39, 0.29) is 22.6 Å². The number of guanidine groups is 1. The molecule has 0 aliphatic carbocycles. The molecule has 2 heterocycles. The Kier molecular flexibility index (Phi) is 12.6. The number of aliphatic hydroxyl groups is 1. The van der Waals surface area contributed by atoms with Gasteiger partial charge in [0.25, 0.3) is 5.91 Å². The molecule has 0 unspecified atom stereocenters. The van der Waals surface area contributed by atoms with E-state index in [2.05, 4.69) is 4.99 Å². The van der Waals surface area contributed by atoms with Crippen molar-refractivity contribution < 1.29 is 34.0 Å². The third kappa shape index (κ3) is 9.28. The van der Waals surface area contributed by atoms with Gasteiger partial charge in [-0.2, -0.15) is 0 Å². The second-order valence-electron chi connectivity index (χ2n) is 12.7. The number of carbonyl (C=O) groups is 2. The van der Waals surface area contributed by atoms with E-state index in [1.807, 2.05) is 56.1 Å². The van der Waals surface area contributed by atoms with Crippen molar-refractivity contribution >= 4 is 23.6 Å². The summed E-state index contributed by atoms with van der Waals surface area (Å²) in [7, 11) is 4.89. The molecule has 49 heavy (non-hydrogen) atoms. The molecule has 12 heteroatoms. The minimum atomic E-state index is -0.983. The summed E-state index contributed by atoms with van der Waals surface area (Å²) in [6.07, 6.45) is 3.21.